The van der Waals surface area contributed by atoms with Crippen LogP contribution in [0.15, 0.2) is 5.51 Å². The Morgan fingerprint density at radius 3 is 3.08 bits per heavy atom. The van der Waals surface area contributed by atoms with Crippen LogP contribution in [-0.4, -0.2) is 4.98 Å². The lowest BCUT2D eigenvalue weighted by Gasteiger charge is -2.10. The molecule has 0 aliphatic heterocycles. The van der Waals surface area contributed by atoms with Crippen LogP contribution in [-0.2, 0) is 0 Å². The third-order valence-electron chi connectivity index (χ3n) is 1.62. The van der Waals surface area contributed by atoms with Crippen molar-refractivity contribution >= 4 is 11.3 Å². The van der Waals surface area contributed by atoms with Crippen LogP contribution in [0.5, 0.6) is 0 Å². The van der Waals surface area contributed by atoms with Gasteiger partial charge in [-0.3, -0.25) is 11.3 Å². The standard InChI is InChI=1S/C8H11N3S/c1-3-4-7(11-9)8-6(2)10-5-12-8/h1,5,7,11H,4,9H2,2H3. The molecule has 0 fully saturated rings. The molecule has 0 saturated heterocycles. The fourth-order valence-corrected chi connectivity index (χ4v) is 1.85. The minimum atomic E-state index is 0.0440. The summed E-state index contributed by atoms with van der Waals surface area (Å²) < 4.78 is 0. The van der Waals surface area contributed by atoms with E-state index >= 15 is 0 Å². The maximum atomic E-state index is 5.35. The predicted octanol–water partition coefficient (Wildman–Crippen LogP) is 0.979. The summed E-state index contributed by atoms with van der Waals surface area (Å²) in [6.07, 6.45) is 5.80. The minimum absolute atomic E-state index is 0.0440. The highest BCUT2D eigenvalue weighted by Gasteiger charge is 2.12. The minimum Gasteiger partial charge on any atom is -0.271 e. The van der Waals surface area contributed by atoms with Gasteiger partial charge in [0.25, 0.3) is 0 Å². The van der Waals surface area contributed by atoms with E-state index in [4.69, 9.17) is 12.3 Å². The number of thiazole rings is 1. The number of hydrogen-bond acceptors (Lipinski definition) is 4. The summed E-state index contributed by atoms with van der Waals surface area (Å²) in [5.41, 5.74) is 5.47. The first-order valence-corrected chi connectivity index (χ1v) is 4.47. The number of aromatic nitrogens is 1. The Balaban J connectivity index is 2.81. The third kappa shape index (κ3) is 1.83. The molecule has 0 saturated carbocycles. The number of hydrazine groups is 1. The molecule has 64 valence electrons. The van der Waals surface area contributed by atoms with Crippen LogP contribution in [0.4, 0.5) is 0 Å². The predicted molar refractivity (Wildman–Crippen MR) is 50.4 cm³/mol. The summed E-state index contributed by atoms with van der Waals surface area (Å²) >= 11 is 1.57. The highest BCUT2D eigenvalue weighted by atomic mass is 32.1. The summed E-state index contributed by atoms with van der Waals surface area (Å²) in [5.74, 6) is 7.92. The second-order valence-electron chi connectivity index (χ2n) is 2.43. The van der Waals surface area contributed by atoms with E-state index in [1.165, 1.54) is 0 Å². The molecule has 0 bridgehead atoms. The monoisotopic (exact) mass is 181 g/mol. The molecule has 1 heterocycles. The van der Waals surface area contributed by atoms with E-state index in [1.54, 1.807) is 16.8 Å². The van der Waals surface area contributed by atoms with Crippen LogP contribution in [0.25, 0.3) is 0 Å². The quantitative estimate of drug-likeness (QED) is 0.415. The van der Waals surface area contributed by atoms with Crippen LogP contribution in [0, 0.1) is 19.3 Å². The molecule has 1 unspecified atom stereocenters. The lowest BCUT2D eigenvalue weighted by Crippen LogP contribution is -2.27. The topological polar surface area (TPSA) is 50.9 Å². The van der Waals surface area contributed by atoms with E-state index in [2.05, 4.69) is 16.3 Å². The van der Waals surface area contributed by atoms with E-state index < -0.39 is 0 Å². The molecule has 1 aromatic heterocycles. The highest BCUT2D eigenvalue weighted by Crippen LogP contribution is 2.22. The molecule has 1 rings (SSSR count). The molecular formula is C8H11N3S. The number of nitrogens with two attached hydrogens (primary N) is 1. The smallest absolute Gasteiger partial charge is 0.0798 e. The second-order valence-corrected chi connectivity index (χ2v) is 3.32. The van der Waals surface area contributed by atoms with Gasteiger partial charge in [-0.25, -0.2) is 4.98 Å². The molecule has 0 amide bonds. The Morgan fingerprint density at radius 2 is 2.67 bits per heavy atom. The van der Waals surface area contributed by atoms with Crippen molar-refractivity contribution in [2.45, 2.75) is 19.4 Å². The zero-order valence-corrected chi connectivity index (χ0v) is 7.69. The summed E-state index contributed by atoms with van der Waals surface area (Å²) in [7, 11) is 0. The van der Waals surface area contributed by atoms with Crippen LogP contribution in [0.1, 0.15) is 23.0 Å². The van der Waals surface area contributed by atoms with Gasteiger partial charge in [-0.2, -0.15) is 0 Å². The highest BCUT2D eigenvalue weighted by molar-refractivity contribution is 7.09. The molecule has 0 aliphatic rings. The van der Waals surface area contributed by atoms with E-state index in [0.29, 0.717) is 6.42 Å². The lowest BCUT2D eigenvalue weighted by molar-refractivity contribution is 0.573. The molecule has 3 nitrogen and oxygen atoms in total. The van der Waals surface area contributed by atoms with E-state index in [-0.39, 0.29) is 6.04 Å². The Kier molecular flexibility index (Phi) is 3.23. The summed E-state index contributed by atoms with van der Waals surface area (Å²) in [6.45, 7) is 1.95. The molecule has 4 heteroatoms. The van der Waals surface area contributed by atoms with Crippen molar-refractivity contribution < 1.29 is 0 Å². The molecule has 1 atom stereocenters. The Labute approximate surface area is 76.0 Å². The molecule has 3 N–H and O–H groups in total. The van der Waals surface area contributed by atoms with Gasteiger partial charge in [-0.1, -0.05) is 0 Å². The molecule has 0 aromatic carbocycles. The number of aryl methyl sites for hydroxylation is 1. The molecule has 0 aliphatic carbocycles. The number of terminal acetylenes is 1. The van der Waals surface area contributed by atoms with Crippen LogP contribution in [0.2, 0.25) is 0 Å². The van der Waals surface area contributed by atoms with Crippen LogP contribution < -0.4 is 11.3 Å². The third-order valence-corrected chi connectivity index (χ3v) is 2.67. The maximum Gasteiger partial charge on any atom is 0.0798 e. The number of nitrogens with zero attached hydrogens (tertiary/aromatic N) is 1. The second kappa shape index (κ2) is 4.21. The SMILES string of the molecule is C#CCC(NN)c1scnc1C. The van der Waals surface area contributed by atoms with Crippen molar-refractivity contribution in [3.8, 4) is 12.3 Å². The summed E-state index contributed by atoms with van der Waals surface area (Å²) in [4.78, 5) is 5.24. The first kappa shape index (κ1) is 9.20. The first-order valence-electron chi connectivity index (χ1n) is 3.59. The fraction of sp³-hybridized carbons (Fsp3) is 0.375. The van der Waals surface area contributed by atoms with Crippen LogP contribution >= 0.6 is 11.3 Å². The zero-order valence-electron chi connectivity index (χ0n) is 6.87. The normalized spacial score (nSPS) is 12.4. The average molecular weight is 181 g/mol. The number of nitrogens with one attached hydrogen (secondary N) is 1. The van der Waals surface area contributed by atoms with Crippen molar-refractivity contribution in [3.63, 3.8) is 0 Å². The summed E-state index contributed by atoms with van der Waals surface area (Å²) in [5, 5.41) is 0. The van der Waals surface area contributed by atoms with E-state index in [0.717, 1.165) is 10.6 Å². The van der Waals surface area contributed by atoms with Gasteiger partial charge >= 0.3 is 0 Å². The van der Waals surface area contributed by atoms with E-state index in [9.17, 15) is 0 Å². The summed E-state index contributed by atoms with van der Waals surface area (Å²) in [6, 6.07) is 0.0440. The van der Waals surface area contributed by atoms with Crippen molar-refractivity contribution in [3.05, 3.63) is 16.1 Å². The van der Waals surface area contributed by atoms with E-state index in [1.807, 2.05) is 6.92 Å². The lowest BCUT2D eigenvalue weighted by atomic mass is 10.1. The average Bonchev–Trinajstić information content (AvgIpc) is 2.47. The Hall–Kier alpha value is -0.890. The molecule has 12 heavy (non-hydrogen) atoms. The van der Waals surface area contributed by atoms with Gasteiger partial charge in [0.15, 0.2) is 0 Å². The molecule has 0 spiro atoms. The van der Waals surface area contributed by atoms with Crippen molar-refractivity contribution in [2.24, 2.45) is 5.84 Å². The number of hydrogen-bond donors (Lipinski definition) is 2. The fourth-order valence-electron chi connectivity index (χ4n) is 0.991. The molecular weight excluding hydrogens is 170 g/mol. The van der Waals surface area contributed by atoms with Gasteiger partial charge < -0.3 is 0 Å². The Bertz CT molecular complexity index is 287. The van der Waals surface area contributed by atoms with Gasteiger partial charge in [-0.15, -0.1) is 23.7 Å². The molecule has 1 aromatic rings. The zero-order chi connectivity index (χ0) is 8.97. The largest absolute Gasteiger partial charge is 0.271 e. The Morgan fingerprint density at radius 1 is 1.92 bits per heavy atom. The van der Waals surface area contributed by atoms with Crippen molar-refractivity contribution in [2.75, 3.05) is 0 Å². The van der Waals surface area contributed by atoms with Gasteiger partial charge in [-0.05, 0) is 6.92 Å². The first-order chi connectivity index (χ1) is 5.79. The van der Waals surface area contributed by atoms with Crippen molar-refractivity contribution in [1.29, 1.82) is 0 Å². The maximum absolute atomic E-state index is 5.35. The number of rotatable bonds is 3. The molecule has 0 radical (unpaired) electrons. The van der Waals surface area contributed by atoms with Gasteiger partial charge in [0.05, 0.1) is 17.2 Å². The van der Waals surface area contributed by atoms with Crippen LogP contribution in [0.3, 0.4) is 0 Å². The van der Waals surface area contributed by atoms with Gasteiger partial charge in [0, 0.05) is 11.3 Å². The van der Waals surface area contributed by atoms with Gasteiger partial charge in [0.2, 0.25) is 0 Å². The van der Waals surface area contributed by atoms with Gasteiger partial charge in [0.1, 0.15) is 0 Å². The van der Waals surface area contributed by atoms with Crippen molar-refractivity contribution in [1.82, 2.24) is 10.4 Å².